The lowest BCUT2D eigenvalue weighted by Gasteiger charge is -2.07. The Kier molecular flexibility index (Phi) is 6.52. The van der Waals surface area contributed by atoms with E-state index in [-0.39, 0.29) is 34.2 Å². The van der Waals surface area contributed by atoms with Gasteiger partial charge in [0.15, 0.2) is 6.61 Å². The number of non-ortho nitro benzene ring substituents is 1. The molecule has 0 fully saturated rings. The number of hydrazone groups is 1. The first kappa shape index (κ1) is 21.7. The molecule has 0 aliphatic heterocycles. The molecule has 32 heavy (non-hydrogen) atoms. The molecule has 12 nitrogen and oxygen atoms in total. The van der Waals surface area contributed by atoms with E-state index in [0.717, 1.165) is 18.3 Å². The highest BCUT2D eigenvalue weighted by atomic mass is 16.6. The number of rotatable bonds is 8. The number of nitrogens with zero attached hydrogens (tertiary/aromatic N) is 4. The van der Waals surface area contributed by atoms with Gasteiger partial charge in [0, 0.05) is 23.3 Å². The molecule has 3 N–H and O–H groups in total. The molecule has 1 heterocycles. The fourth-order valence-corrected chi connectivity index (χ4v) is 2.62. The summed E-state index contributed by atoms with van der Waals surface area (Å²) < 4.78 is 5.11. The number of ether oxygens (including phenoxy) is 1. The van der Waals surface area contributed by atoms with E-state index in [0.29, 0.717) is 5.56 Å². The maximum absolute atomic E-state index is 12.3. The van der Waals surface area contributed by atoms with Crippen LogP contribution >= 0.6 is 0 Å². The summed E-state index contributed by atoms with van der Waals surface area (Å²) in [6, 6.07) is 14.0. The third-order valence-electron chi connectivity index (χ3n) is 4.01. The van der Waals surface area contributed by atoms with Gasteiger partial charge in [0.1, 0.15) is 17.4 Å². The molecule has 0 bridgehead atoms. The van der Waals surface area contributed by atoms with Crippen LogP contribution in [0, 0.1) is 21.4 Å². The van der Waals surface area contributed by atoms with Crippen LogP contribution in [0.3, 0.4) is 0 Å². The summed E-state index contributed by atoms with van der Waals surface area (Å²) in [7, 11) is 0. The minimum Gasteiger partial charge on any atom is -0.481 e. The first-order valence-corrected chi connectivity index (χ1v) is 8.91. The normalized spacial score (nSPS) is 10.5. The van der Waals surface area contributed by atoms with Crippen molar-refractivity contribution >= 4 is 23.8 Å². The second kappa shape index (κ2) is 9.63. The number of carbonyl (C=O) groups is 1. The predicted molar refractivity (Wildman–Crippen MR) is 112 cm³/mol. The van der Waals surface area contributed by atoms with E-state index in [1.165, 1.54) is 6.07 Å². The van der Waals surface area contributed by atoms with Gasteiger partial charge in [0.25, 0.3) is 11.2 Å². The number of aromatic nitrogens is 2. The fraction of sp³-hybridized carbons (Fsp3) is 0.0500. The Morgan fingerprint density at radius 3 is 2.75 bits per heavy atom. The largest absolute Gasteiger partial charge is 0.481 e. The molecule has 1 aromatic heterocycles. The summed E-state index contributed by atoms with van der Waals surface area (Å²) in [6.07, 6.45) is 1.14. The monoisotopic (exact) mass is 434 g/mol. The number of nitro benzene ring substituents is 1. The van der Waals surface area contributed by atoms with E-state index in [4.69, 9.17) is 9.84 Å². The number of anilines is 1. The van der Waals surface area contributed by atoms with E-state index in [9.17, 15) is 25.0 Å². The number of nitrogens with one attached hydrogen (secondary N) is 2. The van der Waals surface area contributed by atoms with Crippen LogP contribution in [0.1, 0.15) is 11.1 Å². The number of carboxylic acids is 1. The second-order valence-electron chi connectivity index (χ2n) is 6.15. The van der Waals surface area contributed by atoms with Gasteiger partial charge in [-0.15, -0.1) is 0 Å². The van der Waals surface area contributed by atoms with Gasteiger partial charge in [0.05, 0.1) is 16.8 Å². The van der Waals surface area contributed by atoms with Gasteiger partial charge in [-0.25, -0.2) is 15.2 Å². The lowest BCUT2D eigenvalue weighted by Crippen LogP contribution is -2.16. The van der Waals surface area contributed by atoms with E-state index < -0.39 is 23.1 Å². The average molecular weight is 434 g/mol. The number of carboxylic acid groups (broad SMARTS) is 1. The van der Waals surface area contributed by atoms with E-state index in [1.54, 1.807) is 30.3 Å². The zero-order valence-electron chi connectivity index (χ0n) is 16.2. The summed E-state index contributed by atoms with van der Waals surface area (Å²) >= 11 is 0. The predicted octanol–water partition coefficient (Wildman–Crippen LogP) is 2.13. The Hall–Kier alpha value is -5.05. The molecule has 0 aliphatic carbocycles. The molecule has 0 radical (unpaired) electrons. The number of hydrogen-bond acceptors (Lipinski definition) is 9. The number of benzene rings is 2. The van der Waals surface area contributed by atoms with Crippen LogP contribution in [-0.4, -0.2) is 38.8 Å². The van der Waals surface area contributed by atoms with Crippen LogP contribution in [0.4, 0.5) is 11.6 Å². The molecule has 0 aliphatic rings. The maximum atomic E-state index is 12.3. The standard InChI is InChI=1S/C20H14N6O6/c21-9-15-18(12-4-2-1-3-5-12)23-20(24-19(15)29)25-22-10-13-8-14(26(30)31)6-7-16(13)32-11-17(27)28/h1-8,10H,11H2,(H,27,28)(H2,23,24,25,29). The summed E-state index contributed by atoms with van der Waals surface area (Å²) in [4.78, 5) is 40.0. The second-order valence-corrected chi connectivity index (χ2v) is 6.15. The van der Waals surface area contributed by atoms with Crippen molar-refractivity contribution in [2.75, 3.05) is 12.0 Å². The number of nitro groups is 1. The van der Waals surface area contributed by atoms with Crippen LogP contribution in [-0.2, 0) is 4.79 Å². The van der Waals surface area contributed by atoms with E-state index in [1.807, 2.05) is 6.07 Å². The minimum absolute atomic E-state index is 0.0507. The van der Waals surface area contributed by atoms with E-state index in [2.05, 4.69) is 20.5 Å². The van der Waals surface area contributed by atoms with Crippen molar-refractivity contribution in [3.63, 3.8) is 0 Å². The van der Waals surface area contributed by atoms with Crippen LogP contribution < -0.4 is 15.7 Å². The lowest BCUT2D eigenvalue weighted by molar-refractivity contribution is -0.384. The van der Waals surface area contributed by atoms with Crippen molar-refractivity contribution in [2.24, 2.45) is 5.10 Å². The molecule has 3 aromatic rings. The summed E-state index contributed by atoms with van der Waals surface area (Å²) in [5.74, 6) is -1.26. The van der Waals surface area contributed by atoms with Crippen molar-refractivity contribution < 1.29 is 19.6 Å². The molecule has 0 amide bonds. The number of hydrogen-bond donors (Lipinski definition) is 3. The zero-order valence-corrected chi connectivity index (χ0v) is 16.2. The summed E-state index contributed by atoms with van der Waals surface area (Å²) in [6.45, 7) is -0.656. The summed E-state index contributed by atoms with van der Waals surface area (Å²) in [5.41, 5.74) is 2.19. The van der Waals surface area contributed by atoms with Crippen molar-refractivity contribution in [3.8, 4) is 23.1 Å². The van der Waals surface area contributed by atoms with Crippen LogP contribution in [0.15, 0.2) is 58.4 Å². The molecular weight excluding hydrogens is 420 g/mol. The maximum Gasteiger partial charge on any atom is 0.341 e. The Morgan fingerprint density at radius 1 is 1.34 bits per heavy atom. The molecule has 2 aromatic carbocycles. The quantitative estimate of drug-likeness (QED) is 0.271. The van der Waals surface area contributed by atoms with Gasteiger partial charge in [-0.2, -0.15) is 10.4 Å². The number of nitriles is 1. The number of aromatic amines is 1. The smallest absolute Gasteiger partial charge is 0.341 e. The SMILES string of the molecule is N#Cc1c(-c2ccccc2)nc(NN=Cc2cc([N+](=O)[O-])ccc2OCC(=O)O)[nH]c1=O. The Balaban J connectivity index is 1.92. The highest BCUT2D eigenvalue weighted by molar-refractivity contribution is 5.85. The van der Waals surface area contributed by atoms with E-state index >= 15 is 0 Å². The van der Waals surface area contributed by atoms with Crippen molar-refractivity contribution in [1.29, 1.82) is 5.26 Å². The average Bonchev–Trinajstić information content (AvgIpc) is 2.78. The molecule has 0 unspecified atom stereocenters. The van der Waals surface area contributed by atoms with Gasteiger partial charge >= 0.3 is 5.97 Å². The third-order valence-corrected chi connectivity index (χ3v) is 4.01. The van der Waals surface area contributed by atoms with Gasteiger partial charge in [-0.05, 0) is 6.07 Å². The molecule has 160 valence electrons. The molecule has 12 heteroatoms. The molecule has 3 rings (SSSR count). The highest BCUT2D eigenvalue weighted by Crippen LogP contribution is 2.23. The lowest BCUT2D eigenvalue weighted by atomic mass is 10.1. The fourth-order valence-electron chi connectivity index (χ4n) is 2.62. The molecule has 0 spiro atoms. The zero-order chi connectivity index (χ0) is 23.1. The van der Waals surface area contributed by atoms with Crippen LogP contribution in [0.2, 0.25) is 0 Å². The third kappa shape index (κ3) is 5.10. The molecule has 0 atom stereocenters. The Bertz CT molecular complexity index is 1300. The Labute approximate surface area is 179 Å². The van der Waals surface area contributed by atoms with Gasteiger partial charge in [0.2, 0.25) is 5.95 Å². The molecule has 0 saturated heterocycles. The van der Waals surface area contributed by atoms with Crippen LogP contribution in [0.5, 0.6) is 5.75 Å². The topological polar surface area (TPSA) is 184 Å². The minimum atomic E-state index is -1.22. The van der Waals surface area contributed by atoms with Crippen molar-refractivity contribution in [1.82, 2.24) is 9.97 Å². The summed E-state index contributed by atoms with van der Waals surface area (Å²) in [5, 5.41) is 33.0. The Morgan fingerprint density at radius 2 is 2.09 bits per heavy atom. The van der Waals surface area contributed by atoms with Crippen molar-refractivity contribution in [2.45, 2.75) is 0 Å². The molecular formula is C20H14N6O6. The van der Waals surface area contributed by atoms with Crippen molar-refractivity contribution in [3.05, 3.63) is 80.1 Å². The number of H-pyrrole nitrogens is 1. The first-order chi connectivity index (χ1) is 15.4. The number of aliphatic carboxylic acids is 1. The van der Waals surface area contributed by atoms with Gasteiger partial charge < -0.3 is 9.84 Å². The highest BCUT2D eigenvalue weighted by Gasteiger charge is 2.14. The van der Waals surface area contributed by atoms with Crippen LogP contribution in [0.25, 0.3) is 11.3 Å². The first-order valence-electron chi connectivity index (χ1n) is 8.91. The molecule has 0 saturated carbocycles. The van der Waals surface area contributed by atoms with Gasteiger partial charge in [-0.3, -0.25) is 19.9 Å². The van der Waals surface area contributed by atoms with Gasteiger partial charge in [-0.1, -0.05) is 30.3 Å².